The Kier molecular flexibility index (Phi) is 4.62. The molecule has 9 heteroatoms. The fraction of sp³-hybridized carbons (Fsp3) is 0.267. The van der Waals surface area contributed by atoms with Crippen LogP contribution in [0.25, 0.3) is 0 Å². The highest BCUT2D eigenvalue weighted by atomic mass is 16.5. The molecule has 0 saturated carbocycles. The molecule has 2 N–H and O–H groups in total. The molecule has 24 heavy (non-hydrogen) atoms. The van der Waals surface area contributed by atoms with Crippen molar-refractivity contribution < 1.29 is 14.8 Å². The highest BCUT2D eigenvalue weighted by Gasteiger charge is 2.23. The van der Waals surface area contributed by atoms with Crippen LogP contribution >= 0.6 is 0 Å². The lowest BCUT2D eigenvalue weighted by Gasteiger charge is -2.34. The molecule has 1 saturated heterocycles. The van der Waals surface area contributed by atoms with E-state index in [2.05, 4.69) is 15.0 Å². The highest BCUT2D eigenvalue weighted by Crippen LogP contribution is 2.13. The fourth-order valence-corrected chi connectivity index (χ4v) is 2.45. The Morgan fingerprint density at radius 1 is 1.04 bits per heavy atom. The molecule has 1 aliphatic heterocycles. The lowest BCUT2D eigenvalue weighted by atomic mass is 10.2. The molecule has 9 nitrogen and oxygen atoms in total. The first-order valence-electron chi connectivity index (χ1n) is 7.40. The normalized spacial score (nSPS) is 14.4. The number of carbonyl (C=O) groups is 2. The fourth-order valence-electron chi connectivity index (χ4n) is 2.45. The van der Waals surface area contributed by atoms with E-state index in [0.29, 0.717) is 37.7 Å². The Bertz CT molecular complexity index is 714. The summed E-state index contributed by atoms with van der Waals surface area (Å²) in [5.41, 5.74) is 2.28. The van der Waals surface area contributed by atoms with Gasteiger partial charge in [-0.05, 0) is 12.1 Å². The molecule has 0 atom stereocenters. The van der Waals surface area contributed by atoms with Gasteiger partial charge in [0.05, 0.1) is 11.1 Å². The SMILES string of the molecule is O=C(NO)c1cnc(N2CCN(C(=O)c3cccnc3)CC2)nc1. The number of aromatic nitrogens is 3. The van der Waals surface area contributed by atoms with Crippen LogP contribution in [0.2, 0.25) is 0 Å². The van der Waals surface area contributed by atoms with E-state index in [1.807, 2.05) is 4.90 Å². The van der Waals surface area contributed by atoms with Gasteiger partial charge in [-0.2, -0.15) is 0 Å². The van der Waals surface area contributed by atoms with Crippen molar-refractivity contribution in [2.24, 2.45) is 0 Å². The number of carbonyl (C=O) groups excluding carboxylic acids is 2. The van der Waals surface area contributed by atoms with Crippen LogP contribution in [0.3, 0.4) is 0 Å². The summed E-state index contributed by atoms with van der Waals surface area (Å²) in [6.07, 6.45) is 5.89. The minimum atomic E-state index is -0.659. The number of hydrogen-bond acceptors (Lipinski definition) is 7. The molecule has 0 aromatic carbocycles. The van der Waals surface area contributed by atoms with Gasteiger partial charge in [-0.3, -0.25) is 19.8 Å². The van der Waals surface area contributed by atoms with Crippen molar-refractivity contribution in [3.63, 3.8) is 0 Å². The lowest BCUT2D eigenvalue weighted by molar-refractivity contribution is 0.0704. The molecule has 3 heterocycles. The van der Waals surface area contributed by atoms with Gasteiger partial charge < -0.3 is 9.80 Å². The first kappa shape index (κ1) is 15.8. The third-order valence-corrected chi connectivity index (χ3v) is 3.76. The van der Waals surface area contributed by atoms with Gasteiger partial charge in [-0.1, -0.05) is 0 Å². The number of nitrogens with zero attached hydrogens (tertiary/aromatic N) is 5. The molecule has 2 amide bonds. The van der Waals surface area contributed by atoms with Gasteiger partial charge in [0.25, 0.3) is 11.8 Å². The van der Waals surface area contributed by atoms with Gasteiger partial charge in [0.2, 0.25) is 5.95 Å². The number of rotatable bonds is 3. The van der Waals surface area contributed by atoms with Crippen molar-refractivity contribution in [2.45, 2.75) is 0 Å². The Labute approximate surface area is 137 Å². The standard InChI is InChI=1S/C15H16N6O3/c22-13(19-24)12-9-17-15(18-10-12)21-6-4-20(5-7-21)14(23)11-2-1-3-16-8-11/h1-3,8-10,24H,4-7H2,(H,19,22). The van der Waals surface area contributed by atoms with Crippen LogP contribution in [0.15, 0.2) is 36.9 Å². The third-order valence-electron chi connectivity index (χ3n) is 3.76. The quantitative estimate of drug-likeness (QED) is 0.600. The monoisotopic (exact) mass is 328 g/mol. The van der Waals surface area contributed by atoms with E-state index in [1.54, 1.807) is 29.4 Å². The zero-order chi connectivity index (χ0) is 16.9. The zero-order valence-electron chi connectivity index (χ0n) is 12.8. The van der Waals surface area contributed by atoms with Crippen molar-refractivity contribution in [1.29, 1.82) is 0 Å². The molecule has 0 spiro atoms. The number of nitrogens with one attached hydrogen (secondary N) is 1. The largest absolute Gasteiger partial charge is 0.337 e. The summed E-state index contributed by atoms with van der Waals surface area (Å²) < 4.78 is 0. The van der Waals surface area contributed by atoms with E-state index in [4.69, 9.17) is 5.21 Å². The minimum Gasteiger partial charge on any atom is -0.337 e. The second-order valence-corrected chi connectivity index (χ2v) is 5.23. The Morgan fingerprint density at radius 2 is 1.75 bits per heavy atom. The molecule has 0 aliphatic carbocycles. The van der Waals surface area contributed by atoms with Gasteiger partial charge in [0.15, 0.2) is 0 Å². The summed E-state index contributed by atoms with van der Waals surface area (Å²) in [4.78, 5) is 39.5. The number of hydrogen-bond donors (Lipinski definition) is 2. The van der Waals surface area contributed by atoms with Gasteiger partial charge >= 0.3 is 0 Å². The summed E-state index contributed by atoms with van der Waals surface area (Å²) in [6, 6.07) is 3.48. The van der Waals surface area contributed by atoms with Crippen LogP contribution in [0.5, 0.6) is 0 Å². The molecular formula is C15H16N6O3. The topological polar surface area (TPSA) is 112 Å². The van der Waals surface area contributed by atoms with Crippen molar-refractivity contribution in [3.8, 4) is 0 Å². The summed E-state index contributed by atoms with van der Waals surface area (Å²) in [6.45, 7) is 2.29. The van der Waals surface area contributed by atoms with Crippen LogP contribution in [0, 0.1) is 0 Å². The zero-order valence-corrected chi connectivity index (χ0v) is 12.8. The third kappa shape index (κ3) is 3.30. The summed E-state index contributed by atoms with van der Waals surface area (Å²) in [7, 11) is 0. The Hall–Kier alpha value is -3.07. The average molecular weight is 328 g/mol. The minimum absolute atomic E-state index is 0.0429. The van der Waals surface area contributed by atoms with E-state index >= 15 is 0 Å². The van der Waals surface area contributed by atoms with Crippen LogP contribution in [0.1, 0.15) is 20.7 Å². The average Bonchev–Trinajstić information content (AvgIpc) is 2.68. The molecule has 2 aromatic rings. The predicted octanol–water partition coefficient (Wildman–Crippen LogP) is -0.0470. The van der Waals surface area contributed by atoms with Crippen molar-refractivity contribution >= 4 is 17.8 Å². The number of hydroxylamine groups is 1. The Morgan fingerprint density at radius 3 is 2.33 bits per heavy atom. The van der Waals surface area contributed by atoms with Gasteiger partial charge in [-0.25, -0.2) is 15.4 Å². The molecule has 3 rings (SSSR count). The van der Waals surface area contributed by atoms with E-state index in [0.717, 1.165) is 0 Å². The Balaban J connectivity index is 1.61. The maximum atomic E-state index is 12.4. The second-order valence-electron chi connectivity index (χ2n) is 5.23. The molecule has 2 aromatic heterocycles. The van der Waals surface area contributed by atoms with Gasteiger partial charge in [-0.15, -0.1) is 0 Å². The second kappa shape index (κ2) is 7.01. The van der Waals surface area contributed by atoms with E-state index in [-0.39, 0.29) is 11.5 Å². The number of anilines is 1. The number of pyridine rings is 1. The van der Waals surface area contributed by atoms with Gasteiger partial charge in [0.1, 0.15) is 0 Å². The van der Waals surface area contributed by atoms with E-state index in [9.17, 15) is 9.59 Å². The van der Waals surface area contributed by atoms with Gasteiger partial charge in [0, 0.05) is 51.0 Å². The van der Waals surface area contributed by atoms with Crippen LogP contribution in [0.4, 0.5) is 5.95 Å². The van der Waals surface area contributed by atoms with Crippen LogP contribution < -0.4 is 10.4 Å². The number of amides is 2. The molecule has 1 fully saturated rings. The van der Waals surface area contributed by atoms with E-state index in [1.165, 1.54) is 17.9 Å². The lowest BCUT2D eigenvalue weighted by Crippen LogP contribution is -2.49. The highest BCUT2D eigenvalue weighted by molar-refractivity contribution is 5.94. The molecule has 0 bridgehead atoms. The van der Waals surface area contributed by atoms with Crippen molar-refractivity contribution in [3.05, 3.63) is 48.0 Å². The number of piperazine rings is 1. The molecule has 0 unspecified atom stereocenters. The maximum Gasteiger partial charge on any atom is 0.277 e. The molecule has 0 radical (unpaired) electrons. The van der Waals surface area contributed by atoms with E-state index < -0.39 is 5.91 Å². The molecular weight excluding hydrogens is 312 g/mol. The van der Waals surface area contributed by atoms with Crippen LogP contribution in [-0.2, 0) is 0 Å². The predicted molar refractivity (Wildman–Crippen MR) is 83.6 cm³/mol. The van der Waals surface area contributed by atoms with Crippen molar-refractivity contribution in [1.82, 2.24) is 25.3 Å². The summed E-state index contributed by atoms with van der Waals surface area (Å²) in [5, 5.41) is 8.57. The maximum absolute atomic E-state index is 12.4. The first-order chi connectivity index (χ1) is 11.7. The molecule has 124 valence electrons. The van der Waals surface area contributed by atoms with Crippen molar-refractivity contribution in [2.75, 3.05) is 31.1 Å². The summed E-state index contributed by atoms with van der Waals surface area (Å²) >= 11 is 0. The first-order valence-corrected chi connectivity index (χ1v) is 7.40. The smallest absolute Gasteiger partial charge is 0.277 e. The summed E-state index contributed by atoms with van der Waals surface area (Å²) in [5.74, 6) is -0.218. The molecule has 1 aliphatic rings. The van der Waals surface area contributed by atoms with Crippen LogP contribution in [-0.4, -0.2) is 63.1 Å².